The number of rotatable bonds is 4. The molecule has 0 saturated heterocycles. The molecule has 0 aliphatic heterocycles. The zero-order valence-corrected chi connectivity index (χ0v) is 12.8. The highest BCUT2D eigenvalue weighted by Gasteiger charge is 2.27. The second kappa shape index (κ2) is 5.87. The summed E-state index contributed by atoms with van der Waals surface area (Å²) in [7, 11) is -3.94. The number of halogens is 2. The highest BCUT2D eigenvalue weighted by molar-refractivity contribution is 7.89. The molecule has 0 spiro atoms. The first-order valence-electron chi connectivity index (χ1n) is 6.55. The third kappa shape index (κ3) is 3.24. The normalized spacial score (nSPS) is 23.1. The molecule has 20 heavy (non-hydrogen) atoms. The van der Waals surface area contributed by atoms with E-state index in [9.17, 15) is 12.8 Å². The molecule has 2 rings (SSSR count). The van der Waals surface area contributed by atoms with Crippen LogP contribution in [0.5, 0.6) is 0 Å². The van der Waals surface area contributed by atoms with Gasteiger partial charge in [0.15, 0.2) is 5.82 Å². The van der Waals surface area contributed by atoms with Gasteiger partial charge in [0.05, 0.1) is 5.69 Å². The van der Waals surface area contributed by atoms with Crippen molar-refractivity contribution in [2.45, 2.75) is 31.1 Å². The number of benzene rings is 1. The number of nitrogens with two attached hydrogens (primary N) is 1. The second-order valence-electron chi connectivity index (χ2n) is 5.33. The van der Waals surface area contributed by atoms with Gasteiger partial charge in [0, 0.05) is 11.6 Å². The van der Waals surface area contributed by atoms with Crippen LogP contribution in [0.4, 0.5) is 10.1 Å². The third-order valence-electron chi connectivity index (χ3n) is 3.90. The lowest BCUT2D eigenvalue weighted by Gasteiger charge is -2.16. The Balaban J connectivity index is 2.18. The molecule has 1 fully saturated rings. The number of sulfonamides is 1. The number of hydrogen-bond donors (Lipinski definition) is 2. The minimum Gasteiger partial charge on any atom is -0.396 e. The molecule has 0 heterocycles. The van der Waals surface area contributed by atoms with Crippen LogP contribution in [0.2, 0.25) is 5.02 Å². The summed E-state index contributed by atoms with van der Waals surface area (Å²) < 4.78 is 40.6. The van der Waals surface area contributed by atoms with Gasteiger partial charge in [-0.2, -0.15) is 0 Å². The van der Waals surface area contributed by atoms with E-state index >= 15 is 0 Å². The van der Waals surface area contributed by atoms with E-state index in [1.165, 1.54) is 6.07 Å². The first-order valence-corrected chi connectivity index (χ1v) is 8.41. The Bertz CT molecular complexity index is 607. The molecule has 4 nitrogen and oxygen atoms in total. The van der Waals surface area contributed by atoms with Crippen LogP contribution in [0.25, 0.3) is 0 Å². The molecule has 1 aromatic rings. The van der Waals surface area contributed by atoms with Crippen molar-refractivity contribution in [3.05, 3.63) is 23.0 Å². The van der Waals surface area contributed by atoms with E-state index < -0.39 is 20.7 Å². The molecule has 2 unspecified atom stereocenters. The Morgan fingerprint density at radius 1 is 1.45 bits per heavy atom. The lowest BCUT2D eigenvalue weighted by molar-refractivity contribution is 0.414. The first-order chi connectivity index (χ1) is 9.31. The van der Waals surface area contributed by atoms with Gasteiger partial charge < -0.3 is 5.73 Å². The summed E-state index contributed by atoms with van der Waals surface area (Å²) in [4.78, 5) is -0.492. The van der Waals surface area contributed by atoms with Crippen LogP contribution in [-0.4, -0.2) is 15.0 Å². The van der Waals surface area contributed by atoms with Gasteiger partial charge in [-0.15, -0.1) is 0 Å². The zero-order chi connectivity index (χ0) is 14.9. The van der Waals surface area contributed by atoms with Crippen LogP contribution < -0.4 is 10.5 Å². The largest absolute Gasteiger partial charge is 0.396 e. The summed E-state index contributed by atoms with van der Waals surface area (Å²) in [5.41, 5.74) is 5.14. The summed E-state index contributed by atoms with van der Waals surface area (Å²) in [6.45, 7) is 2.42. The fourth-order valence-corrected chi connectivity index (χ4v) is 4.12. The zero-order valence-electron chi connectivity index (χ0n) is 11.2. The molecule has 1 saturated carbocycles. The number of anilines is 1. The predicted octanol–water partition coefficient (Wildman–Crippen LogP) is 2.78. The maximum absolute atomic E-state index is 13.9. The maximum Gasteiger partial charge on any atom is 0.243 e. The Morgan fingerprint density at radius 2 is 2.15 bits per heavy atom. The monoisotopic (exact) mass is 320 g/mol. The molecule has 3 N–H and O–H groups in total. The van der Waals surface area contributed by atoms with Gasteiger partial charge >= 0.3 is 0 Å². The molecule has 112 valence electrons. The van der Waals surface area contributed by atoms with Gasteiger partial charge in [-0.3, -0.25) is 0 Å². The fourth-order valence-electron chi connectivity index (χ4n) is 2.60. The van der Waals surface area contributed by atoms with Crippen molar-refractivity contribution in [3.8, 4) is 0 Å². The Morgan fingerprint density at radius 3 is 2.75 bits per heavy atom. The van der Waals surface area contributed by atoms with Gasteiger partial charge in [0.25, 0.3) is 0 Å². The van der Waals surface area contributed by atoms with Gasteiger partial charge in [0.2, 0.25) is 10.0 Å². The average molecular weight is 321 g/mol. The maximum atomic E-state index is 13.9. The van der Waals surface area contributed by atoms with E-state index in [0.29, 0.717) is 18.4 Å². The van der Waals surface area contributed by atoms with Crippen LogP contribution >= 0.6 is 11.6 Å². The molecule has 1 aliphatic rings. The van der Waals surface area contributed by atoms with Gasteiger partial charge in [-0.1, -0.05) is 31.4 Å². The van der Waals surface area contributed by atoms with Crippen LogP contribution in [0, 0.1) is 17.7 Å². The number of nitrogen functional groups attached to an aromatic ring is 1. The predicted molar refractivity (Wildman–Crippen MR) is 77.5 cm³/mol. The molecule has 0 bridgehead atoms. The van der Waals surface area contributed by atoms with Crippen molar-refractivity contribution in [1.29, 1.82) is 0 Å². The van der Waals surface area contributed by atoms with Crippen molar-refractivity contribution < 1.29 is 12.8 Å². The highest BCUT2D eigenvalue weighted by atomic mass is 35.5. The lowest BCUT2D eigenvalue weighted by Crippen LogP contribution is -2.31. The van der Waals surface area contributed by atoms with Crippen molar-refractivity contribution in [3.63, 3.8) is 0 Å². The molecule has 2 atom stereocenters. The minimum atomic E-state index is -3.94. The topological polar surface area (TPSA) is 72.2 Å². The molecule has 7 heteroatoms. The van der Waals surface area contributed by atoms with E-state index in [0.717, 1.165) is 25.3 Å². The van der Waals surface area contributed by atoms with Crippen LogP contribution in [0.1, 0.15) is 26.2 Å². The van der Waals surface area contributed by atoms with Crippen molar-refractivity contribution >= 4 is 27.3 Å². The molecule has 0 radical (unpaired) electrons. The van der Waals surface area contributed by atoms with E-state index in [1.54, 1.807) is 0 Å². The molecule has 1 aliphatic carbocycles. The molecule has 0 amide bonds. The first kappa shape index (κ1) is 15.5. The average Bonchev–Trinajstić information content (AvgIpc) is 2.77. The van der Waals surface area contributed by atoms with E-state index in [2.05, 4.69) is 11.6 Å². The molecular weight excluding hydrogens is 303 g/mol. The number of nitrogens with one attached hydrogen (secondary N) is 1. The lowest BCUT2D eigenvalue weighted by atomic mass is 9.99. The second-order valence-corrected chi connectivity index (χ2v) is 7.50. The van der Waals surface area contributed by atoms with Crippen LogP contribution in [-0.2, 0) is 10.0 Å². The van der Waals surface area contributed by atoms with Gasteiger partial charge in [-0.05, 0) is 30.4 Å². The summed E-state index contributed by atoms with van der Waals surface area (Å²) in [6, 6.07) is 2.27. The van der Waals surface area contributed by atoms with Crippen molar-refractivity contribution in [2.75, 3.05) is 12.3 Å². The van der Waals surface area contributed by atoms with Crippen molar-refractivity contribution in [2.24, 2.45) is 11.8 Å². The van der Waals surface area contributed by atoms with Gasteiger partial charge in [-0.25, -0.2) is 17.5 Å². The Labute approximate surface area is 123 Å². The minimum absolute atomic E-state index is 0.0958. The van der Waals surface area contributed by atoms with Crippen LogP contribution in [0.3, 0.4) is 0 Å². The quantitative estimate of drug-likeness (QED) is 0.838. The van der Waals surface area contributed by atoms with E-state index in [1.807, 2.05) is 0 Å². The van der Waals surface area contributed by atoms with E-state index in [-0.39, 0.29) is 10.7 Å². The van der Waals surface area contributed by atoms with Crippen molar-refractivity contribution in [1.82, 2.24) is 4.72 Å². The molecule has 0 aromatic heterocycles. The SMILES string of the molecule is CC1CCCC1CNS(=O)(=O)c1cc(Cl)cc(N)c1F. The highest BCUT2D eigenvalue weighted by Crippen LogP contribution is 2.31. The smallest absolute Gasteiger partial charge is 0.243 e. The van der Waals surface area contributed by atoms with Gasteiger partial charge in [0.1, 0.15) is 4.90 Å². The van der Waals surface area contributed by atoms with Crippen LogP contribution in [0.15, 0.2) is 17.0 Å². The standard InChI is InChI=1S/C13H18ClFN2O2S/c1-8-3-2-4-9(8)7-17-20(18,19)12-6-10(14)5-11(16)13(12)15/h5-6,8-9,17H,2-4,7,16H2,1H3. The summed E-state index contributed by atoms with van der Waals surface area (Å²) in [5.74, 6) is -0.183. The summed E-state index contributed by atoms with van der Waals surface area (Å²) in [5, 5.41) is 0.0958. The molecular formula is C13H18ClFN2O2S. The summed E-state index contributed by atoms with van der Waals surface area (Å²) >= 11 is 5.74. The third-order valence-corrected chi connectivity index (χ3v) is 5.54. The Hall–Kier alpha value is -0.850. The fraction of sp³-hybridized carbons (Fsp3) is 0.538. The summed E-state index contributed by atoms with van der Waals surface area (Å²) in [6.07, 6.45) is 3.20. The van der Waals surface area contributed by atoms with E-state index in [4.69, 9.17) is 17.3 Å². The number of hydrogen-bond acceptors (Lipinski definition) is 3. The molecule has 1 aromatic carbocycles. The Kier molecular flexibility index (Phi) is 4.56.